The van der Waals surface area contributed by atoms with Crippen LogP contribution in [0.5, 0.6) is 5.75 Å². The first-order chi connectivity index (χ1) is 13.3. The number of carbonyl (C=O) groups is 1. The molecule has 0 spiro atoms. The van der Waals surface area contributed by atoms with E-state index in [1.54, 1.807) is 0 Å². The predicted molar refractivity (Wildman–Crippen MR) is 115 cm³/mol. The van der Waals surface area contributed by atoms with Crippen molar-refractivity contribution in [3.8, 4) is 5.75 Å². The molecular weight excluding hydrogens is 348 g/mol. The molecule has 0 saturated heterocycles. The molecule has 0 unspecified atom stereocenters. The van der Waals surface area contributed by atoms with Crippen LogP contribution in [0.1, 0.15) is 83.6 Å². The summed E-state index contributed by atoms with van der Waals surface area (Å²) in [6, 6.07) is 8.23. The van der Waals surface area contributed by atoms with Crippen LogP contribution in [-0.4, -0.2) is 24.5 Å². The fraction of sp³-hybridized carbons (Fsp3) is 0.708. The molecule has 0 aliphatic heterocycles. The molecule has 156 valence electrons. The highest BCUT2D eigenvalue weighted by Gasteiger charge is 2.44. The highest BCUT2D eigenvalue weighted by atomic mass is 16.5. The van der Waals surface area contributed by atoms with Gasteiger partial charge in [0.1, 0.15) is 11.5 Å². The lowest BCUT2D eigenvalue weighted by atomic mass is 9.62. The molecule has 0 atom stereocenters. The summed E-state index contributed by atoms with van der Waals surface area (Å²) < 4.78 is 6.25. The van der Waals surface area contributed by atoms with Crippen LogP contribution in [-0.2, 0) is 10.2 Å². The minimum atomic E-state index is -0.413. The third kappa shape index (κ3) is 4.44. The van der Waals surface area contributed by atoms with Gasteiger partial charge < -0.3 is 16.2 Å². The maximum Gasteiger partial charge on any atom is 0.143 e. The molecule has 0 radical (unpaired) electrons. The molecule has 4 nitrogen and oxygen atoms in total. The second-order valence-corrected chi connectivity index (χ2v) is 9.59. The van der Waals surface area contributed by atoms with Crippen LogP contribution < -0.4 is 16.2 Å². The van der Waals surface area contributed by atoms with Crippen molar-refractivity contribution in [1.29, 1.82) is 0 Å². The summed E-state index contributed by atoms with van der Waals surface area (Å²) >= 11 is 0. The number of Topliss-reactive ketones (excluding diaryl/α,β-unsaturated/α-hetero) is 1. The zero-order chi connectivity index (χ0) is 20.3. The van der Waals surface area contributed by atoms with Crippen LogP contribution in [0.15, 0.2) is 24.3 Å². The zero-order valence-corrected chi connectivity index (χ0v) is 17.8. The molecule has 1 aromatic carbocycles. The molecule has 0 aromatic heterocycles. The smallest absolute Gasteiger partial charge is 0.143 e. The number of hydrogen-bond acceptors (Lipinski definition) is 4. The van der Waals surface area contributed by atoms with Gasteiger partial charge >= 0.3 is 0 Å². The van der Waals surface area contributed by atoms with Crippen molar-refractivity contribution in [2.24, 2.45) is 16.9 Å². The van der Waals surface area contributed by atoms with E-state index in [0.29, 0.717) is 25.4 Å². The van der Waals surface area contributed by atoms with Gasteiger partial charge in [0.2, 0.25) is 0 Å². The average molecular weight is 387 g/mol. The van der Waals surface area contributed by atoms with Gasteiger partial charge in [-0.25, -0.2) is 0 Å². The van der Waals surface area contributed by atoms with E-state index in [2.05, 4.69) is 19.1 Å². The lowest BCUT2D eigenvalue weighted by Gasteiger charge is -2.43. The van der Waals surface area contributed by atoms with Gasteiger partial charge in [-0.15, -0.1) is 0 Å². The topological polar surface area (TPSA) is 78.3 Å². The van der Waals surface area contributed by atoms with Crippen LogP contribution in [0.4, 0.5) is 0 Å². The van der Waals surface area contributed by atoms with Gasteiger partial charge in [0, 0.05) is 23.9 Å². The monoisotopic (exact) mass is 386 g/mol. The highest BCUT2D eigenvalue weighted by molar-refractivity contribution is 5.90. The number of nitrogens with two attached hydrogens (primary N) is 2. The molecule has 0 amide bonds. The van der Waals surface area contributed by atoms with E-state index >= 15 is 0 Å². The van der Waals surface area contributed by atoms with Gasteiger partial charge in [0.05, 0.1) is 12.0 Å². The molecule has 2 aliphatic carbocycles. The van der Waals surface area contributed by atoms with Crippen molar-refractivity contribution in [2.45, 2.75) is 89.0 Å². The quantitative estimate of drug-likeness (QED) is 0.724. The van der Waals surface area contributed by atoms with Gasteiger partial charge in [-0.2, -0.15) is 0 Å². The third-order valence-electron chi connectivity index (χ3n) is 7.38. The normalized spacial score (nSPS) is 30.0. The summed E-state index contributed by atoms with van der Waals surface area (Å²) in [6.07, 6.45) is 10.0. The van der Waals surface area contributed by atoms with E-state index in [1.165, 1.54) is 19.3 Å². The number of rotatable bonds is 7. The molecule has 3 rings (SSSR count). The van der Waals surface area contributed by atoms with Crippen molar-refractivity contribution >= 4 is 5.78 Å². The number of benzene rings is 1. The molecule has 2 saturated carbocycles. The molecular formula is C24H38N2O2. The summed E-state index contributed by atoms with van der Waals surface area (Å²) in [6.45, 7) is 5.42. The van der Waals surface area contributed by atoms with Gasteiger partial charge in [-0.3, -0.25) is 4.79 Å². The second-order valence-electron chi connectivity index (χ2n) is 9.59. The maximum atomic E-state index is 13.0. The van der Waals surface area contributed by atoms with E-state index in [1.807, 2.05) is 19.1 Å². The molecule has 4 heteroatoms. The fourth-order valence-electron chi connectivity index (χ4n) is 5.14. The molecule has 1 aromatic rings. The lowest BCUT2D eigenvalue weighted by molar-refractivity contribution is -0.126. The number of hydrogen-bond donors (Lipinski definition) is 2. The van der Waals surface area contributed by atoms with E-state index in [-0.39, 0.29) is 11.0 Å². The Kier molecular flexibility index (Phi) is 6.51. The first-order valence-corrected chi connectivity index (χ1v) is 11.1. The molecule has 28 heavy (non-hydrogen) atoms. The van der Waals surface area contributed by atoms with E-state index in [9.17, 15) is 4.79 Å². The highest BCUT2D eigenvalue weighted by Crippen LogP contribution is 2.44. The fourth-order valence-corrected chi connectivity index (χ4v) is 5.14. The Morgan fingerprint density at radius 1 is 1.07 bits per heavy atom. The van der Waals surface area contributed by atoms with Crippen molar-refractivity contribution in [2.75, 3.05) is 13.2 Å². The number of carbonyl (C=O) groups excluding carboxylic acids is 1. The summed E-state index contributed by atoms with van der Waals surface area (Å²) in [5, 5.41) is 0. The van der Waals surface area contributed by atoms with Crippen molar-refractivity contribution in [1.82, 2.24) is 0 Å². The Hall–Kier alpha value is -1.39. The Balaban J connectivity index is 1.79. The van der Waals surface area contributed by atoms with Gasteiger partial charge in [0.15, 0.2) is 0 Å². The summed E-state index contributed by atoms with van der Waals surface area (Å²) in [4.78, 5) is 13.0. The van der Waals surface area contributed by atoms with Gasteiger partial charge in [0.25, 0.3) is 0 Å². The molecule has 0 bridgehead atoms. The molecule has 2 fully saturated rings. The minimum absolute atomic E-state index is 0.109. The van der Waals surface area contributed by atoms with Gasteiger partial charge in [-0.1, -0.05) is 38.3 Å². The Labute approximate surface area is 170 Å². The standard InChI is InChI=1S/C24H38N2O2/c1-3-21(27)24(14-12-22(2,26)13-15-24)19-8-7-9-20(16-19)28-18-23(17-25)10-5-4-6-11-23/h7-9,16H,3-6,10-15,17-18,25-26H2,1-2H3. The van der Waals surface area contributed by atoms with Crippen LogP contribution >= 0.6 is 0 Å². The largest absolute Gasteiger partial charge is 0.493 e. The van der Waals surface area contributed by atoms with Crippen molar-refractivity contribution in [3.63, 3.8) is 0 Å². The predicted octanol–water partition coefficient (Wildman–Crippen LogP) is 4.48. The first-order valence-electron chi connectivity index (χ1n) is 11.1. The Morgan fingerprint density at radius 2 is 1.75 bits per heavy atom. The van der Waals surface area contributed by atoms with Crippen LogP contribution in [0, 0.1) is 5.41 Å². The first kappa shape index (κ1) is 21.3. The molecule has 4 N–H and O–H groups in total. The second kappa shape index (κ2) is 8.54. The maximum absolute atomic E-state index is 13.0. The Bertz CT molecular complexity index is 667. The summed E-state index contributed by atoms with van der Waals surface area (Å²) in [5.41, 5.74) is 13.1. The van der Waals surface area contributed by atoms with Crippen molar-refractivity contribution in [3.05, 3.63) is 29.8 Å². The average Bonchev–Trinajstić information content (AvgIpc) is 2.73. The van der Waals surface area contributed by atoms with Gasteiger partial charge in [-0.05, 0) is 63.1 Å². The summed E-state index contributed by atoms with van der Waals surface area (Å²) in [7, 11) is 0. The van der Waals surface area contributed by atoms with E-state index in [0.717, 1.165) is 49.8 Å². The van der Waals surface area contributed by atoms with Crippen LogP contribution in [0.2, 0.25) is 0 Å². The summed E-state index contributed by atoms with van der Waals surface area (Å²) in [5.74, 6) is 1.19. The van der Waals surface area contributed by atoms with Crippen LogP contribution in [0.25, 0.3) is 0 Å². The number of ether oxygens (including phenoxy) is 1. The molecule has 2 aliphatic rings. The van der Waals surface area contributed by atoms with E-state index < -0.39 is 5.41 Å². The SMILES string of the molecule is CCC(=O)C1(c2cccc(OCC3(CN)CCCCC3)c2)CCC(C)(N)CC1. The lowest BCUT2D eigenvalue weighted by Crippen LogP contribution is -2.48. The third-order valence-corrected chi connectivity index (χ3v) is 7.38. The van der Waals surface area contributed by atoms with Crippen LogP contribution in [0.3, 0.4) is 0 Å². The minimum Gasteiger partial charge on any atom is -0.493 e. The number of ketones is 1. The Morgan fingerprint density at radius 3 is 2.36 bits per heavy atom. The van der Waals surface area contributed by atoms with E-state index in [4.69, 9.17) is 16.2 Å². The van der Waals surface area contributed by atoms with Crippen molar-refractivity contribution < 1.29 is 9.53 Å². The molecule has 0 heterocycles. The zero-order valence-electron chi connectivity index (χ0n) is 17.8.